The molecule has 1 aromatic heterocycles. The van der Waals surface area contributed by atoms with E-state index in [-0.39, 0.29) is 11.6 Å². The standard InChI is InChI=1S/C23H17NO2/c1-24-14-18-12-20(22(25)16-8-4-2-5-9-16)21(13-19(18)15-24)23(26)17-10-6-3-7-11-17/h2-15H,1H3. The van der Waals surface area contributed by atoms with E-state index < -0.39 is 0 Å². The summed E-state index contributed by atoms with van der Waals surface area (Å²) < 4.78 is 1.93. The van der Waals surface area contributed by atoms with Crippen LogP contribution >= 0.6 is 0 Å². The minimum Gasteiger partial charge on any atom is -0.356 e. The van der Waals surface area contributed by atoms with Crippen molar-refractivity contribution in [1.29, 1.82) is 0 Å². The van der Waals surface area contributed by atoms with Gasteiger partial charge in [0.15, 0.2) is 11.6 Å². The van der Waals surface area contributed by atoms with Crippen molar-refractivity contribution in [3.05, 3.63) is 107 Å². The molecule has 0 aliphatic carbocycles. The Morgan fingerprint density at radius 3 is 1.42 bits per heavy atom. The second-order valence-electron chi connectivity index (χ2n) is 6.34. The number of carbonyl (C=O) groups is 2. The molecule has 3 nitrogen and oxygen atoms in total. The van der Waals surface area contributed by atoms with Gasteiger partial charge in [0.2, 0.25) is 0 Å². The first kappa shape index (κ1) is 16.0. The molecule has 0 spiro atoms. The van der Waals surface area contributed by atoms with E-state index in [9.17, 15) is 9.59 Å². The van der Waals surface area contributed by atoms with E-state index in [4.69, 9.17) is 0 Å². The third kappa shape index (κ3) is 2.84. The molecule has 4 aromatic rings. The molecular formula is C23H17NO2. The summed E-state index contributed by atoms with van der Waals surface area (Å²) in [7, 11) is 1.93. The molecule has 3 heteroatoms. The topological polar surface area (TPSA) is 39.1 Å². The van der Waals surface area contributed by atoms with Crippen LogP contribution in [-0.2, 0) is 7.05 Å². The highest BCUT2D eigenvalue weighted by atomic mass is 16.1. The fourth-order valence-electron chi connectivity index (χ4n) is 3.20. The van der Waals surface area contributed by atoms with Crippen LogP contribution in [0.25, 0.3) is 10.8 Å². The molecule has 0 saturated carbocycles. The van der Waals surface area contributed by atoms with Crippen LogP contribution in [0.1, 0.15) is 31.8 Å². The van der Waals surface area contributed by atoms with E-state index in [1.165, 1.54) is 0 Å². The molecule has 1 heterocycles. The number of benzene rings is 3. The zero-order valence-electron chi connectivity index (χ0n) is 14.3. The number of aryl methyl sites for hydroxylation is 1. The minimum atomic E-state index is -0.143. The number of nitrogens with zero attached hydrogens (tertiary/aromatic N) is 1. The first-order valence-corrected chi connectivity index (χ1v) is 8.43. The summed E-state index contributed by atoms with van der Waals surface area (Å²) in [4.78, 5) is 26.2. The Kier molecular flexibility index (Phi) is 3.98. The Morgan fingerprint density at radius 1 is 0.654 bits per heavy atom. The lowest BCUT2D eigenvalue weighted by Gasteiger charge is -2.09. The summed E-state index contributed by atoms with van der Waals surface area (Å²) in [5.74, 6) is -0.286. The number of rotatable bonds is 4. The smallest absolute Gasteiger partial charge is 0.193 e. The molecular weight excluding hydrogens is 322 g/mol. The molecule has 0 aliphatic heterocycles. The third-order valence-electron chi connectivity index (χ3n) is 4.47. The van der Waals surface area contributed by atoms with Crippen LogP contribution in [0, 0.1) is 0 Å². The molecule has 0 aliphatic rings. The fraction of sp³-hybridized carbons (Fsp3) is 0.0435. The predicted molar refractivity (Wildman–Crippen MR) is 103 cm³/mol. The molecule has 3 aromatic carbocycles. The highest BCUT2D eigenvalue weighted by molar-refractivity contribution is 6.21. The Morgan fingerprint density at radius 2 is 1.04 bits per heavy atom. The van der Waals surface area contributed by atoms with Gasteiger partial charge in [-0.05, 0) is 12.1 Å². The van der Waals surface area contributed by atoms with Gasteiger partial charge in [-0.2, -0.15) is 0 Å². The van der Waals surface area contributed by atoms with Gasteiger partial charge in [-0.15, -0.1) is 0 Å². The van der Waals surface area contributed by atoms with Crippen LogP contribution in [0.5, 0.6) is 0 Å². The second kappa shape index (κ2) is 6.45. The van der Waals surface area contributed by atoms with E-state index in [0.29, 0.717) is 22.3 Å². The van der Waals surface area contributed by atoms with Crippen molar-refractivity contribution in [2.24, 2.45) is 7.05 Å². The molecule has 0 saturated heterocycles. The summed E-state index contributed by atoms with van der Waals surface area (Å²) in [6.45, 7) is 0. The summed E-state index contributed by atoms with van der Waals surface area (Å²) in [6.07, 6.45) is 3.90. The van der Waals surface area contributed by atoms with Crippen LogP contribution in [0.2, 0.25) is 0 Å². The highest BCUT2D eigenvalue weighted by Crippen LogP contribution is 2.25. The lowest BCUT2D eigenvalue weighted by Crippen LogP contribution is -2.11. The SMILES string of the molecule is Cn1cc2cc(C(=O)c3ccccc3)c(C(=O)c3ccccc3)cc2c1. The predicted octanol–water partition coefficient (Wildman–Crippen LogP) is 4.64. The van der Waals surface area contributed by atoms with Gasteiger partial charge in [0.25, 0.3) is 0 Å². The Balaban J connectivity index is 1.92. The quantitative estimate of drug-likeness (QED) is 0.508. The second-order valence-corrected chi connectivity index (χ2v) is 6.34. The number of aromatic nitrogens is 1. The van der Waals surface area contributed by atoms with Gasteiger partial charge in [-0.1, -0.05) is 60.7 Å². The number of hydrogen-bond donors (Lipinski definition) is 0. The van der Waals surface area contributed by atoms with E-state index in [0.717, 1.165) is 10.8 Å². The number of hydrogen-bond acceptors (Lipinski definition) is 2. The third-order valence-corrected chi connectivity index (χ3v) is 4.47. The largest absolute Gasteiger partial charge is 0.356 e. The van der Waals surface area contributed by atoms with Gasteiger partial charge in [0.05, 0.1) is 0 Å². The number of carbonyl (C=O) groups excluding carboxylic acids is 2. The summed E-state index contributed by atoms with van der Waals surface area (Å²) in [6, 6.07) is 21.8. The molecule has 0 fully saturated rings. The summed E-state index contributed by atoms with van der Waals surface area (Å²) in [5, 5.41) is 1.88. The van der Waals surface area contributed by atoms with Gasteiger partial charge < -0.3 is 4.57 Å². The van der Waals surface area contributed by atoms with Gasteiger partial charge in [0, 0.05) is 52.5 Å². The van der Waals surface area contributed by atoms with Crippen molar-refractivity contribution in [1.82, 2.24) is 4.57 Å². The summed E-state index contributed by atoms with van der Waals surface area (Å²) >= 11 is 0. The molecule has 4 rings (SSSR count). The van der Waals surface area contributed by atoms with Crippen LogP contribution < -0.4 is 0 Å². The molecule has 0 amide bonds. The maximum atomic E-state index is 13.1. The van der Waals surface area contributed by atoms with Gasteiger partial charge >= 0.3 is 0 Å². The molecule has 26 heavy (non-hydrogen) atoms. The van der Waals surface area contributed by atoms with Crippen LogP contribution in [0.3, 0.4) is 0 Å². The molecule has 0 unspecified atom stereocenters. The minimum absolute atomic E-state index is 0.143. The van der Waals surface area contributed by atoms with Crippen molar-refractivity contribution in [3.8, 4) is 0 Å². The maximum Gasteiger partial charge on any atom is 0.193 e. The van der Waals surface area contributed by atoms with E-state index in [2.05, 4.69) is 0 Å². The molecule has 0 atom stereocenters. The molecule has 0 radical (unpaired) electrons. The van der Waals surface area contributed by atoms with Crippen molar-refractivity contribution in [3.63, 3.8) is 0 Å². The summed E-state index contributed by atoms with van der Waals surface area (Å²) in [5.41, 5.74) is 2.02. The Labute approximate surface area is 151 Å². The fourth-order valence-corrected chi connectivity index (χ4v) is 3.20. The normalized spacial score (nSPS) is 10.8. The Hall–Kier alpha value is -3.46. The van der Waals surface area contributed by atoms with Crippen molar-refractivity contribution in [2.75, 3.05) is 0 Å². The van der Waals surface area contributed by atoms with E-state index in [1.807, 2.05) is 72.5 Å². The van der Waals surface area contributed by atoms with Crippen LogP contribution in [0.4, 0.5) is 0 Å². The number of fused-ring (bicyclic) bond motifs is 1. The van der Waals surface area contributed by atoms with Gasteiger partial charge in [-0.25, -0.2) is 0 Å². The molecule has 0 bridgehead atoms. The van der Waals surface area contributed by atoms with E-state index in [1.54, 1.807) is 24.3 Å². The van der Waals surface area contributed by atoms with Gasteiger partial charge in [-0.3, -0.25) is 9.59 Å². The maximum absolute atomic E-state index is 13.1. The highest BCUT2D eigenvalue weighted by Gasteiger charge is 2.21. The van der Waals surface area contributed by atoms with Crippen molar-refractivity contribution >= 4 is 22.3 Å². The van der Waals surface area contributed by atoms with Crippen molar-refractivity contribution < 1.29 is 9.59 Å². The monoisotopic (exact) mass is 339 g/mol. The average molecular weight is 339 g/mol. The van der Waals surface area contributed by atoms with Crippen LogP contribution in [0.15, 0.2) is 85.2 Å². The number of ketones is 2. The first-order chi connectivity index (χ1) is 12.6. The molecule has 0 N–H and O–H groups in total. The lowest BCUT2D eigenvalue weighted by molar-refractivity contribution is 0.100. The zero-order valence-corrected chi connectivity index (χ0v) is 14.3. The Bertz CT molecular complexity index is 1020. The zero-order chi connectivity index (χ0) is 18.1. The lowest BCUT2D eigenvalue weighted by atomic mass is 9.91. The van der Waals surface area contributed by atoms with E-state index >= 15 is 0 Å². The first-order valence-electron chi connectivity index (χ1n) is 8.43. The van der Waals surface area contributed by atoms with Gasteiger partial charge in [0.1, 0.15) is 0 Å². The van der Waals surface area contributed by atoms with Crippen LogP contribution in [-0.4, -0.2) is 16.1 Å². The molecule has 126 valence electrons. The van der Waals surface area contributed by atoms with Crippen molar-refractivity contribution in [2.45, 2.75) is 0 Å². The average Bonchev–Trinajstić information content (AvgIpc) is 3.06.